The number of aromatic nitrogens is 2. The van der Waals surface area contributed by atoms with Crippen LogP contribution in [0.1, 0.15) is 75.2 Å². The van der Waals surface area contributed by atoms with E-state index in [9.17, 15) is 0 Å². The van der Waals surface area contributed by atoms with Crippen LogP contribution in [0.25, 0.3) is 0 Å². The number of hydrogen-bond acceptors (Lipinski definition) is 4. The zero-order valence-corrected chi connectivity index (χ0v) is 16.5. The van der Waals surface area contributed by atoms with E-state index in [1.54, 1.807) is 0 Å². The van der Waals surface area contributed by atoms with Crippen LogP contribution in [0.5, 0.6) is 0 Å². The van der Waals surface area contributed by atoms with Gasteiger partial charge in [0.05, 0.1) is 0 Å². The molecule has 0 saturated heterocycles. The molecule has 4 nitrogen and oxygen atoms in total. The van der Waals surface area contributed by atoms with E-state index in [1.165, 1.54) is 49.7 Å². The fourth-order valence-electron chi connectivity index (χ4n) is 4.69. The van der Waals surface area contributed by atoms with E-state index in [4.69, 9.17) is 9.97 Å². The Labute approximate surface area is 162 Å². The van der Waals surface area contributed by atoms with Crippen molar-refractivity contribution < 1.29 is 0 Å². The molecule has 0 amide bonds. The summed E-state index contributed by atoms with van der Waals surface area (Å²) in [5.74, 6) is 3.73. The zero-order chi connectivity index (χ0) is 18.4. The molecule has 142 valence electrons. The molecule has 5 rings (SSSR count). The second kappa shape index (κ2) is 6.50. The van der Waals surface area contributed by atoms with Gasteiger partial charge in [0, 0.05) is 30.1 Å². The van der Waals surface area contributed by atoms with Crippen molar-refractivity contribution in [2.24, 2.45) is 0 Å². The Morgan fingerprint density at radius 1 is 1.00 bits per heavy atom. The van der Waals surface area contributed by atoms with Crippen LogP contribution in [-0.2, 0) is 13.0 Å². The maximum atomic E-state index is 5.04. The van der Waals surface area contributed by atoms with Crippen LogP contribution in [0.15, 0.2) is 30.3 Å². The first-order chi connectivity index (χ1) is 13.1. The summed E-state index contributed by atoms with van der Waals surface area (Å²) in [6, 6.07) is 11.6. The van der Waals surface area contributed by atoms with Gasteiger partial charge in [-0.25, -0.2) is 9.97 Å². The van der Waals surface area contributed by atoms with Gasteiger partial charge in [0.25, 0.3) is 0 Å². The number of fused-ring (bicyclic) bond motifs is 1. The Bertz CT molecular complexity index is 834. The summed E-state index contributed by atoms with van der Waals surface area (Å²) < 4.78 is 0. The van der Waals surface area contributed by atoms with Crippen molar-refractivity contribution in [2.45, 2.75) is 82.8 Å². The van der Waals surface area contributed by atoms with E-state index >= 15 is 0 Å². The molecule has 1 N–H and O–H groups in total. The third kappa shape index (κ3) is 3.42. The van der Waals surface area contributed by atoms with Crippen LogP contribution in [0, 0.1) is 0 Å². The molecule has 2 fully saturated rings. The molecule has 0 unspecified atom stereocenters. The first-order valence-electron chi connectivity index (χ1n) is 10.6. The summed E-state index contributed by atoms with van der Waals surface area (Å²) >= 11 is 0. The van der Waals surface area contributed by atoms with Gasteiger partial charge in [-0.05, 0) is 57.1 Å². The summed E-state index contributed by atoms with van der Waals surface area (Å²) in [6.07, 6.45) is 8.72. The van der Waals surface area contributed by atoms with Crippen LogP contribution >= 0.6 is 0 Å². The van der Waals surface area contributed by atoms with Crippen LogP contribution in [-0.4, -0.2) is 21.5 Å². The SMILES string of the molecule is CC1(C)Cc2ccccc2CN1c1cc(NC2CCCC2)nc(C2CC2)n1. The Kier molecular flexibility index (Phi) is 4.10. The van der Waals surface area contributed by atoms with E-state index in [-0.39, 0.29) is 5.54 Å². The third-order valence-electron chi connectivity index (χ3n) is 6.46. The van der Waals surface area contributed by atoms with Gasteiger partial charge < -0.3 is 10.2 Å². The van der Waals surface area contributed by atoms with Crippen molar-refractivity contribution in [1.29, 1.82) is 0 Å². The molecule has 2 aliphatic carbocycles. The first-order valence-corrected chi connectivity index (χ1v) is 10.6. The standard InChI is InChI=1S/C23H30N4/c1-23(2)14-17-7-3-4-8-18(17)15-27(23)21-13-20(24-19-9-5-6-10-19)25-22(26-21)16-11-12-16/h3-4,7-8,13,16,19H,5-6,9-12,14-15H2,1-2H3,(H,24,25,26). The van der Waals surface area contributed by atoms with Crippen molar-refractivity contribution >= 4 is 11.6 Å². The molecule has 0 atom stereocenters. The smallest absolute Gasteiger partial charge is 0.136 e. The minimum Gasteiger partial charge on any atom is -0.367 e. The van der Waals surface area contributed by atoms with Gasteiger partial charge in [-0.15, -0.1) is 0 Å². The summed E-state index contributed by atoms with van der Waals surface area (Å²) in [5, 5.41) is 3.71. The van der Waals surface area contributed by atoms with Crippen molar-refractivity contribution in [3.8, 4) is 0 Å². The van der Waals surface area contributed by atoms with Gasteiger partial charge in [0.15, 0.2) is 0 Å². The summed E-state index contributed by atoms with van der Waals surface area (Å²) in [6.45, 7) is 5.60. The molecule has 2 saturated carbocycles. The largest absolute Gasteiger partial charge is 0.367 e. The molecule has 27 heavy (non-hydrogen) atoms. The third-order valence-corrected chi connectivity index (χ3v) is 6.46. The van der Waals surface area contributed by atoms with Crippen molar-refractivity contribution in [3.05, 3.63) is 47.3 Å². The van der Waals surface area contributed by atoms with Gasteiger partial charge in [0.1, 0.15) is 17.5 Å². The molecule has 4 heteroatoms. The fraction of sp³-hybridized carbons (Fsp3) is 0.565. The number of hydrogen-bond donors (Lipinski definition) is 1. The summed E-state index contributed by atoms with van der Waals surface area (Å²) in [4.78, 5) is 12.4. The highest BCUT2D eigenvalue weighted by molar-refractivity contribution is 5.54. The molecular formula is C23H30N4. The lowest BCUT2D eigenvalue weighted by Crippen LogP contribution is -2.49. The van der Waals surface area contributed by atoms with Crippen LogP contribution in [0.4, 0.5) is 11.6 Å². The predicted molar refractivity (Wildman–Crippen MR) is 110 cm³/mol. The summed E-state index contributed by atoms with van der Waals surface area (Å²) in [5.41, 5.74) is 2.95. The molecule has 0 bridgehead atoms. The molecule has 1 aliphatic heterocycles. The number of benzene rings is 1. The number of nitrogens with one attached hydrogen (secondary N) is 1. The highest BCUT2D eigenvalue weighted by atomic mass is 15.3. The van der Waals surface area contributed by atoms with E-state index < -0.39 is 0 Å². The number of anilines is 2. The highest BCUT2D eigenvalue weighted by Gasteiger charge is 2.35. The minimum atomic E-state index is 0.0498. The molecule has 0 spiro atoms. The quantitative estimate of drug-likeness (QED) is 0.826. The van der Waals surface area contributed by atoms with E-state index in [0.29, 0.717) is 12.0 Å². The Morgan fingerprint density at radius 2 is 1.74 bits per heavy atom. The van der Waals surface area contributed by atoms with Crippen molar-refractivity contribution in [3.63, 3.8) is 0 Å². The normalized spacial score (nSPS) is 21.9. The second-order valence-corrected chi connectivity index (χ2v) is 9.21. The summed E-state index contributed by atoms with van der Waals surface area (Å²) in [7, 11) is 0. The Balaban J connectivity index is 1.50. The maximum Gasteiger partial charge on any atom is 0.136 e. The van der Waals surface area contributed by atoms with E-state index in [0.717, 1.165) is 30.4 Å². The lowest BCUT2D eigenvalue weighted by molar-refractivity contribution is 0.427. The average molecular weight is 363 g/mol. The monoisotopic (exact) mass is 362 g/mol. The van der Waals surface area contributed by atoms with Gasteiger partial charge in [-0.3, -0.25) is 0 Å². The second-order valence-electron chi connectivity index (χ2n) is 9.21. The van der Waals surface area contributed by atoms with Crippen LogP contribution in [0.3, 0.4) is 0 Å². The van der Waals surface area contributed by atoms with Gasteiger partial charge >= 0.3 is 0 Å². The van der Waals surface area contributed by atoms with Crippen molar-refractivity contribution in [2.75, 3.05) is 10.2 Å². The molecule has 3 aliphatic rings. The molecule has 1 aromatic heterocycles. The van der Waals surface area contributed by atoms with Gasteiger partial charge in [-0.2, -0.15) is 0 Å². The molecule has 0 radical (unpaired) electrons. The van der Waals surface area contributed by atoms with E-state index in [2.05, 4.69) is 54.4 Å². The lowest BCUT2D eigenvalue weighted by Gasteiger charge is -2.44. The Morgan fingerprint density at radius 3 is 2.48 bits per heavy atom. The highest BCUT2D eigenvalue weighted by Crippen LogP contribution is 2.41. The number of rotatable bonds is 4. The molecular weight excluding hydrogens is 332 g/mol. The van der Waals surface area contributed by atoms with Crippen LogP contribution in [0.2, 0.25) is 0 Å². The molecule has 2 aromatic rings. The van der Waals surface area contributed by atoms with Gasteiger partial charge in [0.2, 0.25) is 0 Å². The number of nitrogens with zero attached hydrogens (tertiary/aromatic N) is 3. The first kappa shape index (κ1) is 17.0. The molecule has 1 aromatic carbocycles. The molecule has 2 heterocycles. The van der Waals surface area contributed by atoms with Crippen LogP contribution < -0.4 is 10.2 Å². The van der Waals surface area contributed by atoms with E-state index in [1.807, 2.05) is 0 Å². The topological polar surface area (TPSA) is 41.0 Å². The lowest BCUT2D eigenvalue weighted by atomic mass is 9.85. The Hall–Kier alpha value is -2.10. The zero-order valence-electron chi connectivity index (χ0n) is 16.5. The minimum absolute atomic E-state index is 0.0498. The fourth-order valence-corrected chi connectivity index (χ4v) is 4.69. The predicted octanol–water partition coefficient (Wildman–Crippen LogP) is 5.05. The average Bonchev–Trinajstić information content (AvgIpc) is 3.38. The van der Waals surface area contributed by atoms with Crippen molar-refractivity contribution in [1.82, 2.24) is 9.97 Å². The van der Waals surface area contributed by atoms with Gasteiger partial charge in [-0.1, -0.05) is 37.1 Å². The maximum absolute atomic E-state index is 5.04.